The van der Waals surface area contributed by atoms with Crippen LogP contribution in [0.2, 0.25) is 0 Å². The quantitative estimate of drug-likeness (QED) is 0.296. The van der Waals surface area contributed by atoms with Crippen molar-refractivity contribution in [2.45, 2.75) is 70.9 Å². The minimum absolute atomic E-state index is 0.0280. The molecular weight excluding hydrogens is 280 g/mol. The molecule has 0 bridgehead atoms. The molecule has 0 fully saturated rings. The third-order valence-electron chi connectivity index (χ3n) is 3.44. The topological polar surface area (TPSA) is 45.8 Å². The van der Waals surface area contributed by atoms with Gasteiger partial charge >= 0.3 is 0 Å². The van der Waals surface area contributed by atoms with Crippen molar-refractivity contribution in [2.75, 3.05) is 5.75 Å². The van der Waals surface area contributed by atoms with Crippen molar-refractivity contribution in [3.8, 4) is 0 Å². The summed E-state index contributed by atoms with van der Waals surface area (Å²) in [5, 5.41) is 0.701. The van der Waals surface area contributed by atoms with E-state index in [0.717, 1.165) is 35.4 Å². The van der Waals surface area contributed by atoms with Gasteiger partial charge in [0.15, 0.2) is 5.16 Å². The predicted molar refractivity (Wildman–Crippen MR) is 92.2 cm³/mol. The maximum absolute atomic E-state index is 12.1. The summed E-state index contributed by atoms with van der Waals surface area (Å²) in [5.41, 5.74) is 2.83. The predicted octanol–water partition coefficient (Wildman–Crippen LogP) is 4.65. The second-order valence-electron chi connectivity index (χ2n) is 5.70. The lowest BCUT2D eigenvalue weighted by atomic mass is 10.1. The average molecular weight is 308 g/mol. The molecule has 0 aromatic carbocycles. The van der Waals surface area contributed by atoms with Gasteiger partial charge in [0.05, 0.1) is 0 Å². The van der Waals surface area contributed by atoms with Gasteiger partial charge in [-0.3, -0.25) is 4.79 Å². The van der Waals surface area contributed by atoms with E-state index >= 15 is 0 Å². The first-order chi connectivity index (χ1) is 10.0. The molecule has 0 unspecified atom stereocenters. The van der Waals surface area contributed by atoms with Crippen molar-refractivity contribution >= 4 is 11.8 Å². The fraction of sp³-hybridized carbons (Fsp3) is 0.647. The lowest BCUT2D eigenvalue weighted by Crippen LogP contribution is -2.17. The van der Waals surface area contributed by atoms with Crippen LogP contribution in [0.3, 0.4) is 0 Å². The summed E-state index contributed by atoms with van der Waals surface area (Å²) in [6, 6.07) is 0. The van der Waals surface area contributed by atoms with Crippen LogP contribution in [0, 0.1) is 6.92 Å². The number of rotatable bonds is 10. The Morgan fingerprint density at radius 1 is 1.24 bits per heavy atom. The monoisotopic (exact) mass is 308 g/mol. The molecule has 1 N–H and O–H groups in total. The lowest BCUT2D eigenvalue weighted by molar-refractivity contribution is 0.604. The second kappa shape index (κ2) is 9.82. The molecule has 0 aliphatic carbocycles. The Morgan fingerprint density at radius 2 is 1.90 bits per heavy atom. The Hall–Kier alpha value is -1.03. The summed E-state index contributed by atoms with van der Waals surface area (Å²) in [5.74, 6) is 0.791. The van der Waals surface area contributed by atoms with Crippen molar-refractivity contribution in [3.05, 3.63) is 33.8 Å². The molecule has 1 heterocycles. The number of hydrogen-bond donors (Lipinski definition) is 1. The Labute approximate surface area is 132 Å². The van der Waals surface area contributed by atoms with Crippen LogP contribution in [0.4, 0.5) is 0 Å². The summed E-state index contributed by atoms with van der Waals surface area (Å²) >= 11 is 1.54. The van der Waals surface area contributed by atoms with Crippen LogP contribution in [-0.2, 0) is 6.42 Å². The number of unbranched alkanes of at least 4 members (excludes halogenated alkanes) is 5. The molecular formula is C17H28N2OS. The summed E-state index contributed by atoms with van der Waals surface area (Å²) in [4.78, 5) is 19.5. The standard InChI is InChI=1S/C17H28N2OS/c1-5-6-7-8-9-10-11-15-14(4)18-17(19-16(15)20)21-12-13(2)3/h2,5-12H2,1,3-4H3,(H,18,19,20). The lowest BCUT2D eigenvalue weighted by Gasteiger charge is -2.07. The van der Waals surface area contributed by atoms with Crippen molar-refractivity contribution < 1.29 is 0 Å². The van der Waals surface area contributed by atoms with E-state index in [9.17, 15) is 4.79 Å². The molecule has 21 heavy (non-hydrogen) atoms. The van der Waals surface area contributed by atoms with Gasteiger partial charge in [0.2, 0.25) is 0 Å². The summed E-state index contributed by atoms with van der Waals surface area (Å²) in [6.45, 7) is 10.0. The van der Waals surface area contributed by atoms with Crippen LogP contribution >= 0.6 is 11.8 Å². The first kappa shape index (κ1) is 18.0. The van der Waals surface area contributed by atoms with E-state index in [4.69, 9.17) is 0 Å². The second-order valence-corrected chi connectivity index (χ2v) is 6.66. The number of aromatic nitrogens is 2. The van der Waals surface area contributed by atoms with E-state index in [2.05, 4.69) is 23.5 Å². The normalized spacial score (nSPS) is 10.8. The molecule has 3 nitrogen and oxygen atoms in total. The zero-order chi connectivity index (χ0) is 15.7. The molecule has 1 aromatic rings. The molecule has 0 amide bonds. The number of thioether (sulfide) groups is 1. The third kappa shape index (κ3) is 6.98. The largest absolute Gasteiger partial charge is 0.301 e. The number of nitrogens with one attached hydrogen (secondary N) is 1. The summed E-state index contributed by atoms with van der Waals surface area (Å²) in [6.07, 6.45) is 8.28. The van der Waals surface area contributed by atoms with Crippen LogP contribution in [0.5, 0.6) is 0 Å². The van der Waals surface area contributed by atoms with E-state index in [1.165, 1.54) is 43.9 Å². The first-order valence-electron chi connectivity index (χ1n) is 7.91. The Balaban J connectivity index is 2.51. The Morgan fingerprint density at radius 3 is 2.52 bits per heavy atom. The van der Waals surface area contributed by atoms with Crippen LogP contribution in [0.1, 0.15) is 63.6 Å². The number of H-pyrrole nitrogens is 1. The van der Waals surface area contributed by atoms with Gasteiger partial charge in [0, 0.05) is 17.0 Å². The van der Waals surface area contributed by atoms with E-state index in [1.807, 2.05) is 13.8 Å². The molecule has 0 radical (unpaired) electrons. The molecule has 0 aliphatic rings. The molecule has 0 saturated carbocycles. The zero-order valence-electron chi connectivity index (χ0n) is 13.6. The zero-order valence-corrected chi connectivity index (χ0v) is 14.4. The maximum Gasteiger partial charge on any atom is 0.254 e. The van der Waals surface area contributed by atoms with Gasteiger partial charge in [-0.1, -0.05) is 62.9 Å². The van der Waals surface area contributed by atoms with Gasteiger partial charge in [0.25, 0.3) is 5.56 Å². The molecule has 0 aliphatic heterocycles. The highest BCUT2D eigenvalue weighted by molar-refractivity contribution is 7.99. The molecule has 118 valence electrons. The van der Waals surface area contributed by atoms with Gasteiger partial charge in [-0.15, -0.1) is 0 Å². The first-order valence-corrected chi connectivity index (χ1v) is 8.90. The minimum atomic E-state index is 0.0280. The highest BCUT2D eigenvalue weighted by atomic mass is 32.2. The Kier molecular flexibility index (Phi) is 8.43. The molecule has 0 saturated heterocycles. The van der Waals surface area contributed by atoms with Gasteiger partial charge in [-0.2, -0.15) is 0 Å². The van der Waals surface area contributed by atoms with Crippen molar-refractivity contribution in [3.63, 3.8) is 0 Å². The van der Waals surface area contributed by atoms with Crippen LogP contribution in [0.25, 0.3) is 0 Å². The van der Waals surface area contributed by atoms with Crippen LogP contribution in [-0.4, -0.2) is 15.7 Å². The molecule has 1 aromatic heterocycles. The van der Waals surface area contributed by atoms with E-state index in [0.29, 0.717) is 5.16 Å². The SMILES string of the molecule is C=C(C)CSc1nc(C)c(CCCCCCCC)c(=O)[nH]1. The van der Waals surface area contributed by atoms with Crippen LogP contribution < -0.4 is 5.56 Å². The van der Waals surface area contributed by atoms with Gasteiger partial charge in [-0.05, 0) is 26.7 Å². The van der Waals surface area contributed by atoms with Crippen molar-refractivity contribution in [1.82, 2.24) is 9.97 Å². The summed E-state index contributed by atoms with van der Waals surface area (Å²) in [7, 11) is 0. The van der Waals surface area contributed by atoms with Crippen molar-refractivity contribution in [1.29, 1.82) is 0 Å². The summed E-state index contributed by atoms with van der Waals surface area (Å²) < 4.78 is 0. The fourth-order valence-corrected chi connectivity index (χ4v) is 2.97. The van der Waals surface area contributed by atoms with E-state index in [-0.39, 0.29) is 5.56 Å². The highest BCUT2D eigenvalue weighted by Gasteiger charge is 2.08. The fourth-order valence-electron chi connectivity index (χ4n) is 2.22. The van der Waals surface area contributed by atoms with Gasteiger partial charge in [0.1, 0.15) is 0 Å². The number of aromatic amines is 1. The van der Waals surface area contributed by atoms with E-state index < -0.39 is 0 Å². The number of nitrogens with zero attached hydrogens (tertiary/aromatic N) is 1. The third-order valence-corrected chi connectivity index (χ3v) is 4.54. The maximum atomic E-state index is 12.1. The van der Waals surface area contributed by atoms with Gasteiger partial charge < -0.3 is 4.98 Å². The number of hydrogen-bond acceptors (Lipinski definition) is 3. The Bertz CT molecular complexity index is 508. The number of aryl methyl sites for hydroxylation is 1. The van der Waals surface area contributed by atoms with Crippen molar-refractivity contribution in [2.24, 2.45) is 0 Å². The molecule has 0 atom stereocenters. The molecule has 4 heteroatoms. The highest BCUT2D eigenvalue weighted by Crippen LogP contribution is 2.16. The average Bonchev–Trinajstić information content (AvgIpc) is 2.42. The molecule has 1 rings (SSSR count). The molecule has 0 spiro atoms. The van der Waals surface area contributed by atoms with Crippen LogP contribution in [0.15, 0.2) is 22.1 Å². The smallest absolute Gasteiger partial charge is 0.254 e. The van der Waals surface area contributed by atoms with Gasteiger partial charge in [-0.25, -0.2) is 4.98 Å². The van der Waals surface area contributed by atoms with E-state index in [1.54, 1.807) is 0 Å². The minimum Gasteiger partial charge on any atom is -0.301 e.